The highest BCUT2D eigenvalue weighted by atomic mass is 79.9. The normalized spacial score (nSPS) is 25.9. The number of aliphatic hydroxyl groups is 1. The molecule has 2 aromatic carbocycles. The van der Waals surface area contributed by atoms with Gasteiger partial charge < -0.3 is 34.4 Å². The molecule has 3 aliphatic heterocycles. The number of methoxy groups -OCH3 is 1. The number of carbonyl (C=O) groups is 4. The smallest absolute Gasteiger partial charge is 0.313 e. The predicted molar refractivity (Wildman–Crippen MR) is 202 cm³/mol. The number of likely N-dealkylation sites (tertiary alicyclic amines) is 1. The van der Waals surface area contributed by atoms with Crippen LogP contribution in [-0.4, -0.2) is 115 Å². The van der Waals surface area contributed by atoms with E-state index in [0.29, 0.717) is 23.9 Å². The number of esters is 1. The van der Waals surface area contributed by atoms with Gasteiger partial charge in [0, 0.05) is 24.9 Å². The molecular weight excluding hydrogens is 760 g/mol. The van der Waals surface area contributed by atoms with Gasteiger partial charge in [-0.1, -0.05) is 82.7 Å². The van der Waals surface area contributed by atoms with Gasteiger partial charge in [-0.15, -0.1) is 18.3 Å². The van der Waals surface area contributed by atoms with Crippen molar-refractivity contribution in [3.8, 4) is 0 Å². The van der Waals surface area contributed by atoms with Crippen molar-refractivity contribution in [2.24, 2.45) is 11.8 Å². The summed E-state index contributed by atoms with van der Waals surface area (Å²) in [5, 5.41) is 22.0. The number of fused-ring (bicyclic) bond motifs is 2. The SMILES string of the molecule is C=CCCC(=O)N[C@@H](COC)[C@@H](OC(=O)[C@H]1[C@@H]2O[C@@]3(CC2Br)[C@@H]1C(=O)N([C@@H](CC)CO)[C@@H]3C(=O)N(CC=C)Cn1nnc2ccccc21)c1ccccc1. The van der Waals surface area contributed by atoms with E-state index in [1.54, 1.807) is 41.1 Å². The lowest BCUT2D eigenvalue weighted by Crippen LogP contribution is -2.59. The summed E-state index contributed by atoms with van der Waals surface area (Å²) in [6.07, 6.45) is 2.71. The Morgan fingerprint density at radius 1 is 1.17 bits per heavy atom. The molecule has 1 unspecified atom stereocenters. The zero-order chi connectivity index (χ0) is 38.6. The lowest BCUT2D eigenvalue weighted by atomic mass is 9.70. The van der Waals surface area contributed by atoms with Crippen LogP contribution >= 0.6 is 15.9 Å². The van der Waals surface area contributed by atoms with Crippen molar-refractivity contribution in [1.29, 1.82) is 0 Å². The third kappa shape index (κ3) is 7.21. The number of halogens is 1. The lowest BCUT2D eigenvalue weighted by molar-refractivity contribution is -0.163. The fourth-order valence-corrected chi connectivity index (χ4v) is 9.22. The van der Waals surface area contributed by atoms with E-state index in [-0.39, 0.29) is 38.6 Å². The molecular formula is C39H47BrN6O8. The second kappa shape index (κ2) is 16.9. The van der Waals surface area contributed by atoms with E-state index in [1.807, 2.05) is 37.3 Å². The van der Waals surface area contributed by atoms with Crippen LogP contribution in [0.15, 0.2) is 79.9 Å². The lowest BCUT2D eigenvalue weighted by Gasteiger charge is -2.39. The Morgan fingerprint density at radius 3 is 2.59 bits per heavy atom. The summed E-state index contributed by atoms with van der Waals surface area (Å²) in [5.74, 6) is -4.07. The molecule has 0 radical (unpaired) electrons. The molecule has 15 heteroatoms. The molecule has 2 N–H and O–H groups in total. The van der Waals surface area contributed by atoms with Crippen molar-refractivity contribution in [3.05, 3.63) is 85.5 Å². The summed E-state index contributed by atoms with van der Waals surface area (Å²) in [6.45, 7) is 9.14. The Balaban J connectivity index is 1.36. The van der Waals surface area contributed by atoms with Gasteiger partial charge in [0.2, 0.25) is 17.7 Å². The summed E-state index contributed by atoms with van der Waals surface area (Å²) < 4.78 is 20.2. The van der Waals surface area contributed by atoms with Crippen LogP contribution < -0.4 is 5.32 Å². The number of benzene rings is 2. The molecule has 3 saturated heterocycles. The molecule has 3 aromatic rings. The molecule has 1 aromatic heterocycles. The average Bonchev–Trinajstić information content (AvgIpc) is 3.90. The summed E-state index contributed by atoms with van der Waals surface area (Å²) >= 11 is 3.73. The van der Waals surface area contributed by atoms with E-state index in [9.17, 15) is 24.3 Å². The minimum atomic E-state index is -1.42. The largest absolute Gasteiger partial charge is 0.455 e. The summed E-state index contributed by atoms with van der Waals surface area (Å²) in [4.78, 5) is 59.9. The predicted octanol–water partition coefficient (Wildman–Crippen LogP) is 3.30. The van der Waals surface area contributed by atoms with Crippen molar-refractivity contribution in [2.45, 2.75) is 80.0 Å². The first kappa shape index (κ1) is 39.3. The van der Waals surface area contributed by atoms with Gasteiger partial charge in [0.05, 0.1) is 48.8 Å². The average molecular weight is 808 g/mol. The zero-order valence-corrected chi connectivity index (χ0v) is 32.0. The second-order valence-corrected chi connectivity index (χ2v) is 15.1. The minimum Gasteiger partial charge on any atom is -0.455 e. The van der Waals surface area contributed by atoms with E-state index < -0.39 is 77.0 Å². The maximum absolute atomic E-state index is 15.0. The van der Waals surface area contributed by atoms with E-state index in [0.717, 1.165) is 5.52 Å². The fourth-order valence-electron chi connectivity index (χ4n) is 8.28. The molecule has 14 nitrogen and oxygen atoms in total. The number of aromatic nitrogens is 3. The van der Waals surface area contributed by atoms with E-state index >= 15 is 0 Å². The number of hydrogen-bond acceptors (Lipinski definition) is 10. The van der Waals surface area contributed by atoms with E-state index in [2.05, 4.69) is 44.7 Å². The van der Waals surface area contributed by atoms with Gasteiger partial charge in [-0.05, 0) is 37.0 Å². The van der Waals surface area contributed by atoms with Gasteiger partial charge in [0.15, 0.2) is 0 Å². The van der Waals surface area contributed by atoms with E-state index in [1.165, 1.54) is 16.9 Å². The third-order valence-corrected chi connectivity index (χ3v) is 11.5. The molecule has 54 heavy (non-hydrogen) atoms. The van der Waals surface area contributed by atoms with Crippen LogP contribution in [0.3, 0.4) is 0 Å². The molecule has 6 rings (SSSR count). The first-order valence-corrected chi connectivity index (χ1v) is 19.1. The summed E-state index contributed by atoms with van der Waals surface area (Å²) in [7, 11) is 1.49. The Labute approximate surface area is 322 Å². The molecule has 3 amide bonds. The van der Waals surface area contributed by atoms with Gasteiger partial charge in [0.25, 0.3) is 0 Å². The number of aliphatic hydroxyl groups excluding tert-OH is 1. The molecule has 9 atom stereocenters. The molecule has 2 bridgehead atoms. The highest BCUT2D eigenvalue weighted by Gasteiger charge is 2.77. The van der Waals surface area contributed by atoms with Crippen LogP contribution in [0.4, 0.5) is 0 Å². The molecule has 3 aliphatic rings. The number of allylic oxidation sites excluding steroid dienone is 1. The Morgan fingerprint density at radius 2 is 1.91 bits per heavy atom. The van der Waals surface area contributed by atoms with Crippen molar-refractivity contribution >= 4 is 50.7 Å². The molecule has 4 heterocycles. The van der Waals surface area contributed by atoms with Gasteiger partial charge in [-0.2, -0.15) is 0 Å². The Bertz CT molecular complexity index is 1850. The zero-order valence-electron chi connectivity index (χ0n) is 30.5. The van der Waals surface area contributed by atoms with Crippen LogP contribution in [0, 0.1) is 11.8 Å². The van der Waals surface area contributed by atoms with Crippen molar-refractivity contribution in [2.75, 3.05) is 26.9 Å². The van der Waals surface area contributed by atoms with Gasteiger partial charge >= 0.3 is 5.97 Å². The van der Waals surface area contributed by atoms with Crippen molar-refractivity contribution < 1.29 is 38.5 Å². The van der Waals surface area contributed by atoms with E-state index in [4.69, 9.17) is 14.2 Å². The summed E-state index contributed by atoms with van der Waals surface area (Å²) in [5.41, 5.74) is 0.571. The number of amides is 3. The van der Waals surface area contributed by atoms with Crippen LogP contribution in [0.5, 0.6) is 0 Å². The first-order chi connectivity index (χ1) is 26.1. The summed E-state index contributed by atoms with van der Waals surface area (Å²) in [6, 6.07) is 13.7. The maximum atomic E-state index is 15.0. The fraction of sp³-hybridized carbons (Fsp3) is 0.487. The van der Waals surface area contributed by atoms with Gasteiger partial charge in [-0.25, -0.2) is 4.68 Å². The Hall–Kier alpha value is -4.44. The van der Waals surface area contributed by atoms with Crippen molar-refractivity contribution in [3.63, 3.8) is 0 Å². The minimum absolute atomic E-state index is 0.00532. The monoisotopic (exact) mass is 806 g/mol. The maximum Gasteiger partial charge on any atom is 0.313 e. The van der Waals surface area contributed by atoms with Gasteiger partial charge in [0.1, 0.15) is 29.9 Å². The first-order valence-electron chi connectivity index (χ1n) is 18.2. The number of para-hydroxylation sites is 1. The van der Waals surface area contributed by atoms with Crippen LogP contribution in [0.25, 0.3) is 11.0 Å². The number of hydrogen-bond donors (Lipinski definition) is 2. The molecule has 0 aliphatic carbocycles. The van der Waals surface area contributed by atoms with Crippen LogP contribution in [-0.2, 0) is 40.1 Å². The highest BCUT2D eigenvalue weighted by Crippen LogP contribution is 2.61. The number of ether oxygens (including phenoxy) is 3. The topological polar surface area (TPSA) is 165 Å². The van der Waals surface area contributed by atoms with Crippen LogP contribution in [0.2, 0.25) is 0 Å². The number of nitrogens with zero attached hydrogens (tertiary/aromatic N) is 5. The standard InChI is InChI=1S/C39H47BrN6O8/c1-5-8-18-30(48)41-28(22-52-4)33(24-14-10-9-11-15-24)53-38(51)31-32-36(49)46(25(7-3)21-47)35(39(32)20-26(40)34(31)54-39)37(50)44(19-6-2)23-45-29-17-13-12-16-27(29)42-43-45/h5-6,9-17,25-26,28,31-35,47H,1-2,7-8,18-23H2,3-4H3,(H,41,48)/t25-,26?,28-,31+,32-,33-,34+,35+,39-/m0/s1. The molecule has 1 spiro atoms. The number of carbonyl (C=O) groups excluding carboxylic acids is 4. The third-order valence-electron chi connectivity index (χ3n) is 10.7. The van der Waals surface area contributed by atoms with Crippen LogP contribution in [0.1, 0.15) is 44.3 Å². The van der Waals surface area contributed by atoms with Crippen molar-refractivity contribution in [1.82, 2.24) is 30.1 Å². The number of nitrogens with one attached hydrogen (secondary N) is 1. The quantitative estimate of drug-likeness (QED) is 0.111. The number of rotatable bonds is 18. The molecule has 3 fully saturated rings. The molecule has 0 saturated carbocycles. The Kier molecular flexibility index (Phi) is 12.3. The second-order valence-electron chi connectivity index (χ2n) is 13.9. The molecule has 288 valence electrons. The number of alkyl halides is 1. The van der Waals surface area contributed by atoms with Gasteiger partial charge in [-0.3, -0.25) is 19.2 Å². The highest BCUT2D eigenvalue weighted by molar-refractivity contribution is 9.09.